The van der Waals surface area contributed by atoms with E-state index in [1.54, 1.807) is 11.3 Å². The summed E-state index contributed by atoms with van der Waals surface area (Å²) in [5.41, 5.74) is 5.62. The minimum atomic E-state index is -2.17. The summed E-state index contributed by atoms with van der Waals surface area (Å²) >= 11 is -0.474. The fraction of sp³-hybridized carbons (Fsp3) is 0.800. The Morgan fingerprint density at radius 2 is 1.95 bits per heavy atom. The van der Waals surface area contributed by atoms with Crippen LogP contribution in [0.25, 0.3) is 0 Å². The molecule has 1 aromatic rings. The first-order valence-electron chi connectivity index (χ1n) is 8.27. The van der Waals surface area contributed by atoms with Gasteiger partial charge in [0.05, 0.1) is 0 Å². The van der Waals surface area contributed by atoms with Crippen molar-refractivity contribution in [2.75, 3.05) is 19.6 Å². The van der Waals surface area contributed by atoms with E-state index in [1.165, 1.54) is 42.2 Å². The van der Waals surface area contributed by atoms with E-state index in [2.05, 4.69) is 39.8 Å². The van der Waals surface area contributed by atoms with Crippen molar-refractivity contribution in [3.63, 3.8) is 0 Å². The molecule has 1 rings (SSSR count). The molecule has 0 aliphatic heterocycles. The van der Waals surface area contributed by atoms with Crippen LogP contribution >= 0.6 is 11.3 Å². The monoisotopic (exact) mass is 418 g/mol. The molecule has 0 atom stereocenters. The number of nitrogens with one attached hydrogen (secondary N) is 1. The summed E-state index contributed by atoms with van der Waals surface area (Å²) in [6.07, 6.45) is 7.34. The van der Waals surface area contributed by atoms with Gasteiger partial charge in [0.2, 0.25) is 0 Å². The molecule has 1 heterocycles. The molecule has 0 spiro atoms. The molecule has 0 radical (unpaired) electrons. The standard InChI is InChI=1S/C8H19N2.C4H9N.C3H2NS.Sn/c1-3-5-7-9-10-8-6-4-2;1-2-3-4-5;1-2-5-3-4-1;/h9H,3-8H2,1-2H3;2-4H2,1H3;2-3H;/q-1;;;+1. The molecule has 0 amide bonds. The molecule has 1 N–H and O–H groups in total. The summed E-state index contributed by atoms with van der Waals surface area (Å²) in [5, 5.41) is 2.21. The van der Waals surface area contributed by atoms with E-state index in [0.29, 0.717) is 0 Å². The zero-order valence-electron chi connectivity index (χ0n) is 13.8. The average molecular weight is 417 g/mol. The van der Waals surface area contributed by atoms with Gasteiger partial charge in [0.25, 0.3) is 0 Å². The summed E-state index contributed by atoms with van der Waals surface area (Å²) in [6.45, 7) is 9.91. The number of hydrazine groups is 1. The second-order valence-electron chi connectivity index (χ2n) is 5.20. The van der Waals surface area contributed by atoms with E-state index >= 15 is 0 Å². The summed E-state index contributed by atoms with van der Waals surface area (Å²) < 4.78 is 8.86. The Kier molecular flexibility index (Phi) is 11.6. The Balaban J connectivity index is 2.79. The molecule has 6 heteroatoms. The van der Waals surface area contributed by atoms with Crippen LogP contribution in [0.3, 0.4) is 0 Å². The number of thiazole rings is 1. The van der Waals surface area contributed by atoms with Gasteiger partial charge in [-0.1, -0.05) is 0 Å². The van der Waals surface area contributed by atoms with Crippen molar-refractivity contribution in [2.45, 2.75) is 59.3 Å². The van der Waals surface area contributed by atoms with Crippen molar-refractivity contribution in [1.82, 2.24) is 13.6 Å². The molecule has 0 saturated heterocycles. The van der Waals surface area contributed by atoms with Crippen LogP contribution in [-0.2, 0) is 0 Å². The number of hydrogen-bond donors (Lipinski definition) is 1. The fourth-order valence-electron chi connectivity index (χ4n) is 1.94. The zero-order chi connectivity index (χ0) is 15.3. The van der Waals surface area contributed by atoms with Crippen molar-refractivity contribution < 1.29 is 0 Å². The van der Waals surface area contributed by atoms with Crippen molar-refractivity contribution in [3.05, 3.63) is 10.9 Å². The molecule has 0 aliphatic rings. The molecular weight excluding hydrogens is 387 g/mol. The quantitative estimate of drug-likeness (QED) is 0.322. The van der Waals surface area contributed by atoms with Gasteiger partial charge in [-0.3, -0.25) is 0 Å². The van der Waals surface area contributed by atoms with Crippen molar-refractivity contribution in [1.29, 1.82) is 0 Å². The van der Waals surface area contributed by atoms with E-state index in [0.717, 1.165) is 19.6 Å². The van der Waals surface area contributed by atoms with E-state index in [4.69, 9.17) is 3.15 Å². The molecule has 120 valence electrons. The third kappa shape index (κ3) is 7.81. The third-order valence-corrected chi connectivity index (χ3v) is 10.6. The fourth-order valence-corrected chi connectivity index (χ4v) is 9.33. The predicted molar refractivity (Wildman–Crippen MR) is 94.2 cm³/mol. The number of nitrogens with zero attached hydrogens (tertiary/aromatic N) is 3. The van der Waals surface area contributed by atoms with Gasteiger partial charge in [-0.25, -0.2) is 0 Å². The Bertz CT molecular complexity index is 381. The molecule has 0 unspecified atom stereocenters. The van der Waals surface area contributed by atoms with Crippen LogP contribution in [0.4, 0.5) is 0 Å². The second kappa shape index (κ2) is 12.7. The zero-order valence-corrected chi connectivity index (χ0v) is 17.4. The van der Waals surface area contributed by atoms with E-state index in [-0.39, 0.29) is 0 Å². The van der Waals surface area contributed by atoms with Crippen molar-refractivity contribution in [2.24, 2.45) is 3.15 Å². The molecular formula is C15H30N4SSn. The SMILES string of the molecule is CCCC[N]=[Sn]([c]1cscn1)[N](CCCC)NCCCC. The van der Waals surface area contributed by atoms with Crippen LogP contribution in [0.2, 0.25) is 0 Å². The predicted octanol–water partition coefficient (Wildman–Crippen LogP) is 3.31. The third-order valence-electron chi connectivity index (χ3n) is 3.26. The molecule has 1 aromatic heterocycles. The Morgan fingerprint density at radius 1 is 1.19 bits per heavy atom. The van der Waals surface area contributed by atoms with Gasteiger partial charge in [0, 0.05) is 0 Å². The van der Waals surface area contributed by atoms with Crippen LogP contribution in [-0.4, -0.2) is 47.7 Å². The van der Waals surface area contributed by atoms with Gasteiger partial charge in [-0.05, 0) is 0 Å². The molecule has 4 nitrogen and oxygen atoms in total. The summed E-state index contributed by atoms with van der Waals surface area (Å²) in [5.74, 6) is 0. The molecule has 0 fully saturated rings. The van der Waals surface area contributed by atoms with Crippen LogP contribution in [0.1, 0.15) is 59.3 Å². The van der Waals surface area contributed by atoms with Crippen LogP contribution in [0.5, 0.6) is 0 Å². The maximum atomic E-state index is 5.09. The van der Waals surface area contributed by atoms with Gasteiger partial charge >= 0.3 is 142 Å². The van der Waals surface area contributed by atoms with Gasteiger partial charge in [-0.2, -0.15) is 0 Å². The Labute approximate surface area is 141 Å². The number of aromatic nitrogens is 1. The first kappa shape index (κ1) is 19.2. The van der Waals surface area contributed by atoms with E-state index in [1.807, 2.05) is 5.51 Å². The molecule has 0 aliphatic carbocycles. The van der Waals surface area contributed by atoms with E-state index < -0.39 is 19.9 Å². The second-order valence-corrected chi connectivity index (χ2v) is 11.7. The van der Waals surface area contributed by atoms with Gasteiger partial charge < -0.3 is 0 Å². The number of rotatable bonds is 12. The van der Waals surface area contributed by atoms with Crippen LogP contribution in [0, 0.1) is 0 Å². The Hall–Kier alpha value is 0.149. The van der Waals surface area contributed by atoms with Crippen LogP contribution in [0.15, 0.2) is 14.0 Å². The van der Waals surface area contributed by atoms with Gasteiger partial charge in [0.15, 0.2) is 0 Å². The summed E-state index contributed by atoms with van der Waals surface area (Å²) in [6, 6.07) is 0. The van der Waals surface area contributed by atoms with Crippen molar-refractivity contribution >= 4 is 34.9 Å². The molecule has 0 saturated carbocycles. The number of unbranched alkanes of at least 4 members (excludes halogenated alkanes) is 3. The normalized spacial score (nSPS) is 12.3. The molecule has 0 bridgehead atoms. The Morgan fingerprint density at radius 3 is 2.57 bits per heavy atom. The summed E-state index contributed by atoms with van der Waals surface area (Å²) in [4.78, 5) is 4.58. The molecule has 21 heavy (non-hydrogen) atoms. The average Bonchev–Trinajstić information content (AvgIpc) is 3.02. The van der Waals surface area contributed by atoms with Crippen molar-refractivity contribution in [3.8, 4) is 0 Å². The first-order chi connectivity index (χ1) is 10.3. The maximum absolute atomic E-state index is 5.09. The van der Waals surface area contributed by atoms with Crippen LogP contribution < -0.4 is 9.14 Å². The van der Waals surface area contributed by atoms with Gasteiger partial charge in [-0.15, -0.1) is 0 Å². The first-order valence-corrected chi connectivity index (χ1v) is 13.2. The minimum absolute atomic E-state index is 1.00. The molecule has 0 aromatic carbocycles. The topological polar surface area (TPSA) is 40.5 Å². The summed E-state index contributed by atoms with van der Waals surface area (Å²) in [7, 11) is 0. The van der Waals surface area contributed by atoms with Gasteiger partial charge in [0.1, 0.15) is 0 Å². The van der Waals surface area contributed by atoms with E-state index in [9.17, 15) is 0 Å². The number of hydrogen-bond acceptors (Lipinski definition) is 4.